The van der Waals surface area contributed by atoms with Gasteiger partial charge in [-0.05, 0) is 60.9 Å². The Balaban J connectivity index is 2.51. The van der Waals surface area contributed by atoms with Crippen molar-refractivity contribution >= 4 is 5.78 Å². The second-order valence-electron chi connectivity index (χ2n) is 5.59. The number of carbonyl (C=O) groups excluding carboxylic acids is 1. The third-order valence-corrected chi connectivity index (χ3v) is 4.18. The number of aliphatic hydroxyl groups is 1. The molecule has 1 unspecified atom stereocenters. The Morgan fingerprint density at radius 1 is 1.21 bits per heavy atom. The summed E-state index contributed by atoms with van der Waals surface area (Å²) in [5.41, 5.74) is 6.49. The minimum Gasteiger partial charge on any atom is -0.512 e. The Bertz CT molecular complexity index is 553. The standard InChI is InChI=1S/C17H22O2/c1-5-16-10(2)6-11(3)17(12(16)4)13-7-14(18)9-15(19)8-13/h6,9,13,18H,5,7-8H2,1-4H3. The van der Waals surface area contributed by atoms with Crippen LogP contribution in [-0.2, 0) is 11.2 Å². The fourth-order valence-electron chi connectivity index (χ4n) is 3.49. The van der Waals surface area contributed by atoms with Crippen molar-refractivity contribution in [3.63, 3.8) is 0 Å². The molecule has 0 amide bonds. The van der Waals surface area contributed by atoms with Crippen LogP contribution in [0.3, 0.4) is 0 Å². The first-order valence-electron chi connectivity index (χ1n) is 6.96. The van der Waals surface area contributed by atoms with Crippen molar-refractivity contribution in [2.45, 2.75) is 52.9 Å². The minimum atomic E-state index is 0.0335. The molecule has 1 aromatic carbocycles. The molecule has 0 aliphatic heterocycles. The number of aryl methyl sites for hydroxylation is 2. The number of rotatable bonds is 2. The Morgan fingerprint density at radius 2 is 1.89 bits per heavy atom. The fraction of sp³-hybridized carbons (Fsp3) is 0.471. The van der Waals surface area contributed by atoms with E-state index in [9.17, 15) is 9.90 Å². The summed E-state index contributed by atoms with van der Waals surface area (Å²) in [6.45, 7) is 8.56. The SMILES string of the molecule is CCc1c(C)cc(C)c(C2CC(=O)C=C(O)C2)c1C. The lowest BCUT2D eigenvalue weighted by Crippen LogP contribution is -2.16. The van der Waals surface area contributed by atoms with Crippen molar-refractivity contribution in [2.75, 3.05) is 0 Å². The van der Waals surface area contributed by atoms with E-state index in [1.165, 1.54) is 33.9 Å². The van der Waals surface area contributed by atoms with Crippen LogP contribution in [0.15, 0.2) is 17.9 Å². The van der Waals surface area contributed by atoms with Crippen LogP contribution in [0.25, 0.3) is 0 Å². The second kappa shape index (κ2) is 5.20. The van der Waals surface area contributed by atoms with Crippen LogP contribution in [0.4, 0.5) is 0 Å². The Hall–Kier alpha value is -1.57. The highest BCUT2D eigenvalue weighted by Gasteiger charge is 2.25. The summed E-state index contributed by atoms with van der Waals surface area (Å²) in [6.07, 6.45) is 3.47. The van der Waals surface area contributed by atoms with E-state index >= 15 is 0 Å². The van der Waals surface area contributed by atoms with Gasteiger partial charge in [-0.3, -0.25) is 4.79 Å². The van der Waals surface area contributed by atoms with Crippen LogP contribution in [-0.4, -0.2) is 10.9 Å². The van der Waals surface area contributed by atoms with Crippen molar-refractivity contribution in [1.82, 2.24) is 0 Å². The summed E-state index contributed by atoms with van der Waals surface area (Å²) >= 11 is 0. The number of carbonyl (C=O) groups is 1. The molecular formula is C17H22O2. The molecule has 0 saturated carbocycles. The molecule has 0 saturated heterocycles. The number of benzene rings is 1. The molecule has 1 aliphatic carbocycles. The van der Waals surface area contributed by atoms with Gasteiger partial charge < -0.3 is 5.11 Å². The van der Waals surface area contributed by atoms with Gasteiger partial charge in [0.2, 0.25) is 0 Å². The largest absolute Gasteiger partial charge is 0.512 e. The van der Waals surface area contributed by atoms with Crippen molar-refractivity contribution in [3.8, 4) is 0 Å². The first-order valence-corrected chi connectivity index (χ1v) is 6.96. The van der Waals surface area contributed by atoms with E-state index < -0.39 is 0 Å². The predicted octanol–water partition coefficient (Wildman–Crippen LogP) is 4.06. The normalized spacial score (nSPS) is 19.5. The van der Waals surface area contributed by atoms with E-state index in [2.05, 4.69) is 33.8 Å². The molecule has 0 radical (unpaired) electrons. The molecule has 1 aliphatic rings. The van der Waals surface area contributed by atoms with Crippen LogP contribution in [0.5, 0.6) is 0 Å². The van der Waals surface area contributed by atoms with Gasteiger partial charge in [0.15, 0.2) is 5.78 Å². The zero-order valence-electron chi connectivity index (χ0n) is 12.2. The summed E-state index contributed by atoms with van der Waals surface area (Å²) in [5.74, 6) is 0.383. The summed E-state index contributed by atoms with van der Waals surface area (Å²) in [5, 5.41) is 9.71. The van der Waals surface area contributed by atoms with Crippen molar-refractivity contribution in [3.05, 3.63) is 45.7 Å². The van der Waals surface area contributed by atoms with Gasteiger partial charge in [0.05, 0.1) is 5.76 Å². The average Bonchev–Trinajstić information content (AvgIpc) is 2.27. The average molecular weight is 258 g/mol. The predicted molar refractivity (Wildman–Crippen MR) is 77.7 cm³/mol. The molecule has 0 spiro atoms. The number of ketones is 1. The maximum atomic E-state index is 11.7. The zero-order valence-corrected chi connectivity index (χ0v) is 12.2. The van der Waals surface area contributed by atoms with E-state index in [1.807, 2.05) is 0 Å². The van der Waals surface area contributed by atoms with Gasteiger partial charge in [0.25, 0.3) is 0 Å². The molecular weight excluding hydrogens is 236 g/mol. The molecule has 102 valence electrons. The zero-order chi connectivity index (χ0) is 14.2. The molecule has 0 bridgehead atoms. The smallest absolute Gasteiger partial charge is 0.159 e. The van der Waals surface area contributed by atoms with Crippen molar-refractivity contribution in [2.24, 2.45) is 0 Å². The monoisotopic (exact) mass is 258 g/mol. The van der Waals surface area contributed by atoms with E-state index in [4.69, 9.17) is 0 Å². The van der Waals surface area contributed by atoms with Gasteiger partial charge >= 0.3 is 0 Å². The molecule has 2 nitrogen and oxygen atoms in total. The maximum Gasteiger partial charge on any atom is 0.159 e. The molecule has 2 rings (SSSR count). The lowest BCUT2D eigenvalue weighted by molar-refractivity contribution is -0.115. The van der Waals surface area contributed by atoms with Crippen molar-refractivity contribution in [1.29, 1.82) is 0 Å². The van der Waals surface area contributed by atoms with E-state index in [-0.39, 0.29) is 17.5 Å². The van der Waals surface area contributed by atoms with E-state index in [1.54, 1.807) is 0 Å². The number of hydrogen-bond acceptors (Lipinski definition) is 2. The van der Waals surface area contributed by atoms with Gasteiger partial charge in [-0.15, -0.1) is 0 Å². The molecule has 0 heterocycles. The van der Waals surface area contributed by atoms with Gasteiger partial charge in [-0.2, -0.15) is 0 Å². The summed E-state index contributed by atoms with van der Waals surface area (Å²) in [6, 6.07) is 2.21. The molecule has 0 fully saturated rings. The lowest BCUT2D eigenvalue weighted by atomic mass is 9.79. The lowest BCUT2D eigenvalue weighted by Gasteiger charge is -2.25. The van der Waals surface area contributed by atoms with Crippen LogP contribution in [0.1, 0.15) is 53.5 Å². The minimum absolute atomic E-state index is 0.0335. The second-order valence-corrected chi connectivity index (χ2v) is 5.59. The number of hydrogen-bond donors (Lipinski definition) is 1. The molecule has 1 aromatic rings. The van der Waals surface area contributed by atoms with E-state index in [0.29, 0.717) is 12.8 Å². The molecule has 2 heteroatoms. The Kier molecular flexibility index (Phi) is 3.79. The fourth-order valence-corrected chi connectivity index (χ4v) is 3.49. The number of aliphatic hydroxyl groups excluding tert-OH is 1. The summed E-state index contributed by atoms with van der Waals surface area (Å²) < 4.78 is 0. The third-order valence-electron chi connectivity index (χ3n) is 4.18. The van der Waals surface area contributed by atoms with Gasteiger partial charge in [0.1, 0.15) is 0 Å². The van der Waals surface area contributed by atoms with Crippen LogP contribution in [0, 0.1) is 20.8 Å². The van der Waals surface area contributed by atoms with Crippen LogP contribution < -0.4 is 0 Å². The van der Waals surface area contributed by atoms with E-state index in [0.717, 1.165) is 6.42 Å². The van der Waals surface area contributed by atoms with Crippen LogP contribution >= 0.6 is 0 Å². The third kappa shape index (κ3) is 2.58. The van der Waals surface area contributed by atoms with Gasteiger partial charge in [-0.25, -0.2) is 0 Å². The molecule has 19 heavy (non-hydrogen) atoms. The first kappa shape index (κ1) is 13.9. The molecule has 0 aromatic heterocycles. The van der Waals surface area contributed by atoms with Gasteiger partial charge in [-0.1, -0.05) is 13.0 Å². The Morgan fingerprint density at radius 3 is 2.47 bits per heavy atom. The maximum absolute atomic E-state index is 11.7. The highest BCUT2D eigenvalue weighted by Crippen LogP contribution is 2.36. The van der Waals surface area contributed by atoms with Crippen LogP contribution in [0.2, 0.25) is 0 Å². The first-order chi connectivity index (χ1) is 8.93. The highest BCUT2D eigenvalue weighted by molar-refractivity contribution is 5.91. The quantitative estimate of drug-likeness (QED) is 0.868. The number of allylic oxidation sites excluding steroid dienone is 2. The molecule has 1 N–H and O–H groups in total. The molecule has 1 atom stereocenters. The van der Waals surface area contributed by atoms with Gasteiger partial charge in [0, 0.05) is 18.9 Å². The topological polar surface area (TPSA) is 37.3 Å². The Labute approximate surface area is 115 Å². The van der Waals surface area contributed by atoms with Crippen molar-refractivity contribution < 1.29 is 9.90 Å². The summed E-state index contributed by atoms with van der Waals surface area (Å²) in [4.78, 5) is 11.7. The highest BCUT2D eigenvalue weighted by atomic mass is 16.3. The summed E-state index contributed by atoms with van der Waals surface area (Å²) in [7, 11) is 0.